The maximum absolute atomic E-state index is 12.4. The number of nitrogens with two attached hydrogens (primary N) is 1. The highest BCUT2D eigenvalue weighted by Crippen LogP contribution is 2.58. The van der Waals surface area contributed by atoms with E-state index in [2.05, 4.69) is 15.3 Å². The second kappa shape index (κ2) is 3.55. The van der Waals surface area contributed by atoms with Gasteiger partial charge in [-0.15, -0.1) is 0 Å². The van der Waals surface area contributed by atoms with Gasteiger partial charge in [-0.3, -0.25) is 10.1 Å². The smallest absolute Gasteiger partial charge is 0.247 e. The number of hydrogen-bond donors (Lipinski definition) is 3. The SMILES string of the molecule is CC1(C)C2OCCC2C1(N)C(=O)Nc1ncc[nH]1. The number of anilines is 1. The summed E-state index contributed by atoms with van der Waals surface area (Å²) in [5.41, 5.74) is 5.15. The zero-order valence-electron chi connectivity index (χ0n) is 10.6. The number of aromatic amines is 1. The number of amides is 1. The molecule has 1 saturated heterocycles. The molecule has 3 unspecified atom stereocenters. The maximum atomic E-state index is 12.4. The Bertz CT molecular complexity index is 470. The van der Waals surface area contributed by atoms with Gasteiger partial charge in [-0.05, 0) is 6.42 Å². The molecule has 4 N–H and O–H groups in total. The lowest BCUT2D eigenvalue weighted by atomic mass is 9.48. The van der Waals surface area contributed by atoms with Crippen molar-refractivity contribution in [3.8, 4) is 0 Å². The maximum Gasteiger partial charge on any atom is 0.247 e. The first-order valence-electron chi connectivity index (χ1n) is 6.19. The molecule has 0 spiro atoms. The van der Waals surface area contributed by atoms with Gasteiger partial charge < -0.3 is 15.5 Å². The molecule has 98 valence electrons. The van der Waals surface area contributed by atoms with Crippen LogP contribution >= 0.6 is 0 Å². The van der Waals surface area contributed by atoms with E-state index >= 15 is 0 Å². The molecule has 1 aliphatic carbocycles. The van der Waals surface area contributed by atoms with E-state index in [-0.39, 0.29) is 23.3 Å². The molecule has 18 heavy (non-hydrogen) atoms. The van der Waals surface area contributed by atoms with Gasteiger partial charge in [-0.2, -0.15) is 0 Å². The molecule has 0 radical (unpaired) electrons. The first kappa shape index (κ1) is 11.7. The first-order chi connectivity index (χ1) is 8.48. The molecule has 1 aromatic rings. The predicted octanol–water partition coefficient (Wildman–Crippen LogP) is 0.491. The second-order valence-corrected chi connectivity index (χ2v) is 5.67. The molecular formula is C12H18N4O2. The van der Waals surface area contributed by atoms with E-state index in [1.165, 1.54) is 0 Å². The number of fused-ring (bicyclic) bond motifs is 1. The number of nitrogens with one attached hydrogen (secondary N) is 2. The first-order valence-corrected chi connectivity index (χ1v) is 6.19. The van der Waals surface area contributed by atoms with Gasteiger partial charge in [0.1, 0.15) is 5.54 Å². The summed E-state index contributed by atoms with van der Waals surface area (Å²) in [6, 6.07) is 0. The van der Waals surface area contributed by atoms with E-state index in [1.807, 2.05) is 13.8 Å². The van der Waals surface area contributed by atoms with Gasteiger partial charge in [0, 0.05) is 30.3 Å². The van der Waals surface area contributed by atoms with E-state index < -0.39 is 5.54 Å². The number of carbonyl (C=O) groups is 1. The Morgan fingerprint density at radius 2 is 2.44 bits per heavy atom. The third-order valence-electron chi connectivity index (χ3n) is 4.56. The predicted molar refractivity (Wildman–Crippen MR) is 65.8 cm³/mol. The summed E-state index contributed by atoms with van der Waals surface area (Å²) in [6.45, 7) is 4.66. The highest BCUT2D eigenvalue weighted by Gasteiger charge is 2.71. The topological polar surface area (TPSA) is 93.0 Å². The summed E-state index contributed by atoms with van der Waals surface area (Å²) in [6.07, 6.45) is 4.18. The van der Waals surface area contributed by atoms with E-state index in [9.17, 15) is 4.79 Å². The lowest BCUT2D eigenvalue weighted by Gasteiger charge is -2.60. The summed E-state index contributed by atoms with van der Waals surface area (Å²) < 4.78 is 5.66. The third-order valence-corrected chi connectivity index (χ3v) is 4.56. The van der Waals surface area contributed by atoms with Crippen LogP contribution in [0.4, 0.5) is 5.95 Å². The zero-order chi connectivity index (χ0) is 13.0. The van der Waals surface area contributed by atoms with Crippen molar-refractivity contribution >= 4 is 11.9 Å². The molecule has 6 heteroatoms. The van der Waals surface area contributed by atoms with Crippen LogP contribution in [0, 0.1) is 11.3 Å². The Kier molecular flexibility index (Phi) is 2.30. The van der Waals surface area contributed by atoms with Crippen molar-refractivity contribution < 1.29 is 9.53 Å². The Morgan fingerprint density at radius 3 is 3.11 bits per heavy atom. The van der Waals surface area contributed by atoms with Crippen molar-refractivity contribution in [3.05, 3.63) is 12.4 Å². The Hall–Kier alpha value is -1.40. The summed E-state index contributed by atoms with van der Waals surface area (Å²) in [4.78, 5) is 19.3. The Labute approximate surface area is 105 Å². The molecule has 2 fully saturated rings. The molecule has 2 aliphatic rings. The van der Waals surface area contributed by atoms with Gasteiger partial charge in [-0.25, -0.2) is 4.98 Å². The second-order valence-electron chi connectivity index (χ2n) is 5.67. The van der Waals surface area contributed by atoms with Crippen LogP contribution in [0.15, 0.2) is 12.4 Å². The van der Waals surface area contributed by atoms with Crippen LogP contribution in [0.5, 0.6) is 0 Å². The fraction of sp³-hybridized carbons (Fsp3) is 0.667. The van der Waals surface area contributed by atoms with Gasteiger partial charge in [0.25, 0.3) is 0 Å². The molecule has 0 aromatic carbocycles. The van der Waals surface area contributed by atoms with Gasteiger partial charge in [0.2, 0.25) is 11.9 Å². The number of aromatic nitrogens is 2. The lowest BCUT2D eigenvalue weighted by Crippen LogP contribution is -2.79. The molecule has 3 atom stereocenters. The minimum atomic E-state index is -0.888. The molecule has 6 nitrogen and oxygen atoms in total. The number of H-pyrrole nitrogens is 1. The largest absolute Gasteiger partial charge is 0.377 e. The van der Waals surface area contributed by atoms with Gasteiger partial charge in [0.05, 0.1) is 6.10 Å². The number of ether oxygens (including phenoxy) is 1. The molecule has 1 aromatic heterocycles. The minimum absolute atomic E-state index is 0.0878. The molecule has 1 saturated carbocycles. The van der Waals surface area contributed by atoms with Gasteiger partial charge in [-0.1, -0.05) is 13.8 Å². The third kappa shape index (κ3) is 1.24. The lowest BCUT2D eigenvalue weighted by molar-refractivity contribution is -0.170. The highest BCUT2D eigenvalue weighted by molar-refractivity contribution is 5.99. The van der Waals surface area contributed by atoms with E-state index in [0.717, 1.165) is 6.42 Å². The zero-order valence-corrected chi connectivity index (χ0v) is 10.6. The normalized spacial score (nSPS) is 36.8. The van der Waals surface area contributed by atoms with Crippen LogP contribution < -0.4 is 11.1 Å². The van der Waals surface area contributed by atoms with Crippen LogP contribution in [0.3, 0.4) is 0 Å². The number of nitrogens with zero attached hydrogens (tertiary/aromatic N) is 1. The van der Waals surface area contributed by atoms with Crippen molar-refractivity contribution in [3.63, 3.8) is 0 Å². The van der Waals surface area contributed by atoms with Gasteiger partial charge in [0.15, 0.2) is 0 Å². The van der Waals surface area contributed by atoms with Crippen molar-refractivity contribution in [1.82, 2.24) is 9.97 Å². The number of imidazole rings is 1. The van der Waals surface area contributed by atoms with Crippen LogP contribution in [0.1, 0.15) is 20.3 Å². The van der Waals surface area contributed by atoms with Crippen LogP contribution in [-0.2, 0) is 9.53 Å². The van der Waals surface area contributed by atoms with Crippen molar-refractivity contribution in [1.29, 1.82) is 0 Å². The van der Waals surface area contributed by atoms with Crippen molar-refractivity contribution in [2.45, 2.75) is 31.9 Å². The highest BCUT2D eigenvalue weighted by atomic mass is 16.5. The van der Waals surface area contributed by atoms with E-state index in [4.69, 9.17) is 10.5 Å². The molecule has 1 aliphatic heterocycles. The minimum Gasteiger partial charge on any atom is -0.377 e. The monoisotopic (exact) mass is 250 g/mol. The Balaban J connectivity index is 1.84. The number of carbonyl (C=O) groups excluding carboxylic acids is 1. The standard InChI is InChI=1S/C12H18N4O2/c1-11(2)8-7(3-6-18-8)12(11,13)9(17)16-10-14-4-5-15-10/h4-5,7-8H,3,6,13H2,1-2H3,(H2,14,15,16,17). The summed E-state index contributed by atoms with van der Waals surface area (Å²) in [5, 5.41) is 2.75. The summed E-state index contributed by atoms with van der Waals surface area (Å²) in [7, 11) is 0. The van der Waals surface area contributed by atoms with Crippen LogP contribution in [0.25, 0.3) is 0 Å². The van der Waals surface area contributed by atoms with Crippen molar-refractivity contribution in [2.24, 2.45) is 17.1 Å². The van der Waals surface area contributed by atoms with Crippen LogP contribution in [-0.4, -0.2) is 34.1 Å². The average Bonchev–Trinajstić information content (AvgIpc) is 2.97. The fourth-order valence-electron chi connectivity index (χ4n) is 3.39. The number of rotatable bonds is 2. The molecule has 2 heterocycles. The Morgan fingerprint density at radius 1 is 1.67 bits per heavy atom. The summed E-state index contributed by atoms with van der Waals surface area (Å²) in [5.74, 6) is 0.347. The average molecular weight is 250 g/mol. The quantitative estimate of drug-likeness (QED) is 0.712. The molecule has 1 amide bonds. The molecular weight excluding hydrogens is 232 g/mol. The van der Waals surface area contributed by atoms with Gasteiger partial charge >= 0.3 is 0 Å². The van der Waals surface area contributed by atoms with Crippen LogP contribution in [0.2, 0.25) is 0 Å². The fourth-order valence-corrected chi connectivity index (χ4v) is 3.39. The van der Waals surface area contributed by atoms with E-state index in [0.29, 0.717) is 12.6 Å². The van der Waals surface area contributed by atoms with E-state index in [1.54, 1.807) is 12.4 Å². The summed E-state index contributed by atoms with van der Waals surface area (Å²) >= 11 is 0. The molecule has 0 bridgehead atoms. The number of hydrogen-bond acceptors (Lipinski definition) is 4. The van der Waals surface area contributed by atoms with Crippen molar-refractivity contribution in [2.75, 3.05) is 11.9 Å². The molecule has 3 rings (SSSR count).